The number of rotatable bonds is 6. The summed E-state index contributed by atoms with van der Waals surface area (Å²) in [5, 5.41) is 15.3. The third-order valence-corrected chi connectivity index (χ3v) is 7.83. The highest BCUT2D eigenvalue weighted by molar-refractivity contribution is 5.91. The van der Waals surface area contributed by atoms with Crippen LogP contribution in [0.25, 0.3) is 11.1 Å². The lowest BCUT2D eigenvalue weighted by molar-refractivity contribution is -0.149. The number of carboxylic acids is 1. The first-order valence-corrected chi connectivity index (χ1v) is 12.1. The zero-order chi connectivity index (χ0) is 24.6. The van der Waals surface area contributed by atoms with Crippen LogP contribution >= 0.6 is 0 Å². The van der Waals surface area contributed by atoms with E-state index in [1.807, 2.05) is 24.3 Å². The van der Waals surface area contributed by atoms with E-state index in [-0.39, 0.29) is 25.7 Å². The van der Waals surface area contributed by atoms with Gasteiger partial charge >= 0.3 is 12.1 Å². The van der Waals surface area contributed by atoms with Crippen molar-refractivity contribution < 1.29 is 29.0 Å². The third kappa shape index (κ3) is 4.05. The molecule has 2 aromatic rings. The maximum absolute atomic E-state index is 13.2. The number of alkyl carbamates (subject to hydrolysis) is 1. The van der Waals surface area contributed by atoms with Crippen molar-refractivity contribution in [3.05, 3.63) is 59.7 Å². The van der Waals surface area contributed by atoms with Crippen LogP contribution in [0.3, 0.4) is 0 Å². The Morgan fingerprint density at radius 1 is 1.03 bits per heavy atom. The summed E-state index contributed by atoms with van der Waals surface area (Å²) in [6.45, 7) is 2.09. The predicted octanol–water partition coefficient (Wildman–Crippen LogP) is 3.44. The molecule has 2 fully saturated rings. The highest BCUT2D eigenvalue weighted by Gasteiger charge is 2.51. The minimum absolute atomic E-state index is 0.0690. The van der Waals surface area contributed by atoms with E-state index in [9.17, 15) is 19.5 Å². The number of carbonyl (C=O) groups is 3. The zero-order valence-corrected chi connectivity index (χ0v) is 19.7. The Morgan fingerprint density at radius 2 is 1.63 bits per heavy atom. The van der Waals surface area contributed by atoms with E-state index in [0.29, 0.717) is 12.8 Å². The Morgan fingerprint density at radius 3 is 2.23 bits per heavy atom. The summed E-state index contributed by atoms with van der Waals surface area (Å²) >= 11 is 0. The third-order valence-electron chi connectivity index (χ3n) is 7.83. The van der Waals surface area contributed by atoms with Gasteiger partial charge in [-0.2, -0.15) is 0 Å². The fourth-order valence-corrected chi connectivity index (χ4v) is 5.61. The Bertz CT molecular complexity index is 1110. The molecule has 1 saturated heterocycles. The van der Waals surface area contributed by atoms with E-state index >= 15 is 0 Å². The molecule has 2 aliphatic carbocycles. The molecule has 0 radical (unpaired) electrons. The molecule has 0 aromatic heterocycles. The van der Waals surface area contributed by atoms with Crippen molar-refractivity contribution in [1.82, 2.24) is 10.6 Å². The average Bonchev–Trinajstić information content (AvgIpc) is 3.55. The number of ether oxygens (including phenoxy) is 2. The van der Waals surface area contributed by atoms with E-state index < -0.39 is 35.0 Å². The molecule has 2 amide bonds. The fraction of sp³-hybridized carbons (Fsp3) is 0.444. The van der Waals surface area contributed by atoms with Crippen LogP contribution in [0.2, 0.25) is 0 Å². The fourth-order valence-electron chi connectivity index (χ4n) is 5.61. The minimum Gasteiger partial charge on any atom is -0.480 e. The lowest BCUT2D eigenvalue weighted by Gasteiger charge is -2.33. The second-order valence-electron chi connectivity index (χ2n) is 10.0. The van der Waals surface area contributed by atoms with Gasteiger partial charge in [0.1, 0.15) is 12.1 Å². The SMILES string of the molecule is CC1(C(=O)NC2(C(=O)O)CCCC2)COCC1NC(=O)OCC1c2ccccc2-c2ccccc21. The summed E-state index contributed by atoms with van der Waals surface area (Å²) in [5.74, 6) is -1.52. The summed E-state index contributed by atoms with van der Waals surface area (Å²) < 4.78 is 11.2. The molecular weight excluding hydrogens is 448 g/mol. The van der Waals surface area contributed by atoms with Gasteiger partial charge in [0.05, 0.1) is 24.7 Å². The summed E-state index contributed by atoms with van der Waals surface area (Å²) in [7, 11) is 0. The maximum atomic E-state index is 13.2. The summed E-state index contributed by atoms with van der Waals surface area (Å²) in [6, 6.07) is 15.6. The lowest BCUT2D eigenvalue weighted by Crippen LogP contribution is -2.60. The van der Waals surface area contributed by atoms with E-state index in [1.54, 1.807) is 6.92 Å². The van der Waals surface area contributed by atoms with E-state index in [1.165, 1.54) is 0 Å². The molecule has 8 heteroatoms. The van der Waals surface area contributed by atoms with E-state index in [4.69, 9.17) is 9.47 Å². The Balaban J connectivity index is 1.25. The molecule has 5 rings (SSSR count). The zero-order valence-electron chi connectivity index (χ0n) is 19.7. The van der Waals surface area contributed by atoms with Gasteiger partial charge in [0.2, 0.25) is 5.91 Å². The maximum Gasteiger partial charge on any atom is 0.407 e. The predicted molar refractivity (Wildman–Crippen MR) is 128 cm³/mol. The molecule has 2 aromatic carbocycles. The first-order valence-electron chi connectivity index (χ1n) is 12.1. The highest BCUT2D eigenvalue weighted by atomic mass is 16.5. The molecule has 2 unspecified atom stereocenters. The summed E-state index contributed by atoms with van der Waals surface area (Å²) in [4.78, 5) is 37.9. The summed E-state index contributed by atoms with van der Waals surface area (Å²) in [6.07, 6.45) is 1.67. The Kier molecular flexibility index (Phi) is 6.01. The largest absolute Gasteiger partial charge is 0.480 e. The van der Waals surface area contributed by atoms with Crippen LogP contribution in [0.4, 0.5) is 4.79 Å². The van der Waals surface area contributed by atoms with Gasteiger partial charge in [-0.25, -0.2) is 9.59 Å². The van der Waals surface area contributed by atoms with Gasteiger partial charge in [0.25, 0.3) is 0 Å². The molecule has 1 heterocycles. The van der Waals surface area contributed by atoms with Crippen LogP contribution in [-0.4, -0.2) is 54.5 Å². The average molecular weight is 479 g/mol. The minimum atomic E-state index is -1.25. The number of benzene rings is 2. The smallest absolute Gasteiger partial charge is 0.407 e. The van der Waals surface area contributed by atoms with E-state index in [2.05, 4.69) is 34.9 Å². The quantitative estimate of drug-likeness (QED) is 0.586. The molecule has 3 N–H and O–H groups in total. The first kappa shape index (κ1) is 23.4. The van der Waals surface area contributed by atoms with Gasteiger partial charge in [-0.15, -0.1) is 0 Å². The van der Waals surface area contributed by atoms with Crippen molar-refractivity contribution in [3.8, 4) is 11.1 Å². The van der Waals surface area contributed by atoms with E-state index in [0.717, 1.165) is 35.1 Å². The van der Waals surface area contributed by atoms with Crippen molar-refractivity contribution in [2.24, 2.45) is 5.41 Å². The molecule has 1 saturated carbocycles. The van der Waals surface area contributed by atoms with Crippen LogP contribution < -0.4 is 10.6 Å². The lowest BCUT2D eigenvalue weighted by atomic mass is 9.82. The summed E-state index contributed by atoms with van der Waals surface area (Å²) in [5.41, 5.74) is 2.17. The van der Waals surface area contributed by atoms with Crippen LogP contribution in [0, 0.1) is 5.41 Å². The van der Waals surface area contributed by atoms with Gasteiger partial charge in [0, 0.05) is 5.92 Å². The second-order valence-corrected chi connectivity index (χ2v) is 10.0. The second kappa shape index (κ2) is 9.00. The van der Waals surface area contributed by atoms with Crippen molar-refractivity contribution in [2.45, 2.75) is 50.1 Å². The molecule has 2 atom stereocenters. The number of hydrogen-bond acceptors (Lipinski definition) is 5. The Hall–Kier alpha value is -3.39. The molecule has 1 aliphatic heterocycles. The van der Waals surface area contributed by atoms with Gasteiger partial charge < -0.3 is 25.2 Å². The molecule has 8 nitrogen and oxygen atoms in total. The van der Waals surface area contributed by atoms with Crippen molar-refractivity contribution in [1.29, 1.82) is 0 Å². The number of aliphatic carboxylic acids is 1. The molecule has 0 spiro atoms. The molecule has 35 heavy (non-hydrogen) atoms. The van der Waals surface area contributed by atoms with Gasteiger partial charge in [-0.05, 0) is 42.0 Å². The van der Waals surface area contributed by atoms with Gasteiger partial charge in [-0.1, -0.05) is 61.4 Å². The normalized spacial score (nSPS) is 24.4. The van der Waals surface area contributed by atoms with Crippen LogP contribution in [0.15, 0.2) is 48.5 Å². The number of amides is 2. The molecule has 0 bridgehead atoms. The number of hydrogen-bond donors (Lipinski definition) is 3. The van der Waals surface area contributed by atoms with Crippen LogP contribution in [0.5, 0.6) is 0 Å². The molecule has 3 aliphatic rings. The number of fused-ring (bicyclic) bond motifs is 3. The first-order chi connectivity index (χ1) is 16.8. The molecular formula is C27H30N2O6. The topological polar surface area (TPSA) is 114 Å². The highest BCUT2D eigenvalue weighted by Crippen LogP contribution is 2.44. The number of carbonyl (C=O) groups excluding carboxylic acids is 2. The Labute approximate surface area is 204 Å². The number of nitrogens with one attached hydrogen (secondary N) is 2. The van der Waals surface area contributed by atoms with Gasteiger partial charge in [-0.3, -0.25) is 4.79 Å². The monoisotopic (exact) mass is 478 g/mol. The van der Waals surface area contributed by atoms with Gasteiger partial charge in [0.15, 0.2) is 0 Å². The number of carboxylic acid groups (broad SMARTS) is 1. The van der Waals surface area contributed by atoms with Crippen molar-refractivity contribution >= 4 is 18.0 Å². The van der Waals surface area contributed by atoms with Crippen LogP contribution in [-0.2, 0) is 19.1 Å². The van der Waals surface area contributed by atoms with Crippen molar-refractivity contribution in [3.63, 3.8) is 0 Å². The standard InChI is InChI=1S/C27H30N2O6/c1-26(23(30)29-27(24(31)32)12-6-7-13-27)16-34-15-22(26)28-25(33)35-14-21-19-10-4-2-8-17(19)18-9-3-5-11-20(18)21/h2-5,8-11,21-22H,6-7,12-16H2,1H3,(H,28,33)(H,29,30)(H,31,32). The molecule has 184 valence electrons. The van der Waals surface area contributed by atoms with Crippen LogP contribution in [0.1, 0.15) is 49.7 Å². The van der Waals surface area contributed by atoms with Crippen molar-refractivity contribution in [2.75, 3.05) is 19.8 Å².